The van der Waals surface area contributed by atoms with Crippen molar-refractivity contribution in [1.82, 2.24) is 0 Å². The van der Waals surface area contributed by atoms with Crippen molar-refractivity contribution < 1.29 is 0 Å². The second-order valence-corrected chi connectivity index (χ2v) is 4.06. The number of thiol groups is 2. The van der Waals surface area contributed by atoms with E-state index in [-0.39, 0.29) is 0 Å². The third kappa shape index (κ3) is 1.97. The van der Waals surface area contributed by atoms with E-state index < -0.39 is 0 Å². The van der Waals surface area contributed by atoms with Gasteiger partial charge in [-0.25, -0.2) is 0 Å². The lowest BCUT2D eigenvalue weighted by Crippen LogP contribution is -1.78. The molecule has 0 fully saturated rings. The monoisotopic (exact) mass is 218 g/mol. The first-order valence-corrected chi connectivity index (χ1v) is 5.24. The molecule has 2 aromatic carbocycles. The second kappa shape index (κ2) is 4.11. The van der Waals surface area contributed by atoms with E-state index in [1.165, 1.54) is 5.56 Å². The molecule has 0 N–H and O–H groups in total. The minimum absolute atomic E-state index is 0.977. The fourth-order valence-electron chi connectivity index (χ4n) is 1.36. The summed E-state index contributed by atoms with van der Waals surface area (Å²) in [7, 11) is 0. The molecule has 0 aromatic heterocycles. The molecule has 0 aliphatic rings. The van der Waals surface area contributed by atoms with Gasteiger partial charge in [0.15, 0.2) is 0 Å². The minimum Gasteiger partial charge on any atom is -0.143 e. The van der Waals surface area contributed by atoms with Crippen molar-refractivity contribution in [3.63, 3.8) is 0 Å². The summed E-state index contributed by atoms with van der Waals surface area (Å²) in [6.07, 6.45) is 0. The van der Waals surface area contributed by atoms with Gasteiger partial charge in [0.05, 0.1) is 0 Å². The van der Waals surface area contributed by atoms with Crippen molar-refractivity contribution in [2.24, 2.45) is 0 Å². The maximum absolute atomic E-state index is 4.42. The van der Waals surface area contributed by atoms with E-state index in [1.54, 1.807) is 0 Å². The van der Waals surface area contributed by atoms with Crippen molar-refractivity contribution in [3.8, 4) is 11.1 Å². The molecule has 0 unspecified atom stereocenters. The van der Waals surface area contributed by atoms with E-state index in [1.807, 2.05) is 30.3 Å². The van der Waals surface area contributed by atoms with Crippen LogP contribution in [-0.4, -0.2) is 0 Å². The van der Waals surface area contributed by atoms with Gasteiger partial charge < -0.3 is 0 Å². The molecule has 14 heavy (non-hydrogen) atoms. The second-order valence-electron chi connectivity index (χ2n) is 3.06. The predicted molar refractivity (Wildman–Crippen MR) is 66.4 cm³/mol. The fraction of sp³-hybridized carbons (Fsp3) is 0. The third-order valence-corrected chi connectivity index (χ3v) is 2.77. The van der Waals surface area contributed by atoms with E-state index in [9.17, 15) is 0 Å². The Morgan fingerprint density at radius 3 is 2.00 bits per heavy atom. The van der Waals surface area contributed by atoms with Crippen LogP contribution >= 0.6 is 25.3 Å². The molecule has 0 nitrogen and oxygen atoms in total. The van der Waals surface area contributed by atoms with Crippen molar-refractivity contribution in [3.05, 3.63) is 48.5 Å². The van der Waals surface area contributed by atoms with Crippen LogP contribution in [0.4, 0.5) is 0 Å². The molecule has 70 valence electrons. The smallest absolute Gasteiger partial charge is 0.0119 e. The highest BCUT2D eigenvalue weighted by molar-refractivity contribution is 7.80. The Balaban J connectivity index is 2.50. The number of benzene rings is 2. The summed E-state index contributed by atoms with van der Waals surface area (Å²) in [6.45, 7) is 0. The Morgan fingerprint density at radius 1 is 0.714 bits per heavy atom. The molecule has 0 saturated carbocycles. The molecule has 0 spiro atoms. The Labute approximate surface area is 94.8 Å². The van der Waals surface area contributed by atoms with E-state index in [2.05, 4.69) is 43.5 Å². The van der Waals surface area contributed by atoms with Crippen LogP contribution in [-0.2, 0) is 0 Å². The summed E-state index contributed by atoms with van der Waals surface area (Å²) in [5.74, 6) is 0. The molecule has 0 saturated heterocycles. The van der Waals surface area contributed by atoms with Gasteiger partial charge in [0, 0.05) is 9.79 Å². The van der Waals surface area contributed by atoms with Gasteiger partial charge in [-0.15, -0.1) is 25.3 Å². The largest absolute Gasteiger partial charge is 0.143 e. The quantitative estimate of drug-likeness (QED) is 0.666. The summed E-state index contributed by atoms with van der Waals surface area (Å²) in [5, 5.41) is 0. The average molecular weight is 218 g/mol. The topological polar surface area (TPSA) is 0 Å². The van der Waals surface area contributed by atoms with E-state index in [0.717, 1.165) is 15.4 Å². The molecule has 0 radical (unpaired) electrons. The Kier molecular flexibility index (Phi) is 2.85. The first kappa shape index (κ1) is 9.69. The van der Waals surface area contributed by atoms with Gasteiger partial charge in [-0.3, -0.25) is 0 Å². The Bertz CT molecular complexity index is 432. The highest BCUT2D eigenvalue weighted by Gasteiger charge is 1.99. The lowest BCUT2D eigenvalue weighted by molar-refractivity contribution is 1.42. The number of hydrogen-bond donors (Lipinski definition) is 2. The molecule has 0 aliphatic carbocycles. The zero-order valence-electron chi connectivity index (χ0n) is 7.51. The van der Waals surface area contributed by atoms with E-state index >= 15 is 0 Å². The molecule has 0 amide bonds. The first-order chi connectivity index (χ1) is 6.77. The Hall–Kier alpha value is -0.860. The predicted octanol–water partition coefficient (Wildman–Crippen LogP) is 3.93. The van der Waals surface area contributed by atoms with Crippen molar-refractivity contribution in [1.29, 1.82) is 0 Å². The van der Waals surface area contributed by atoms with Gasteiger partial charge in [0.25, 0.3) is 0 Å². The summed E-state index contributed by atoms with van der Waals surface area (Å²) in [5.41, 5.74) is 2.33. The zero-order valence-corrected chi connectivity index (χ0v) is 9.30. The van der Waals surface area contributed by atoms with Crippen LogP contribution in [0.2, 0.25) is 0 Å². The van der Waals surface area contributed by atoms with Crippen LogP contribution in [0.3, 0.4) is 0 Å². The Morgan fingerprint density at radius 2 is 1.36 bits per heavy atom. The zero-order chi connectivity index (χ0) is 9.97. The van der Waals surface area contributed by atoms with Gasteiger partial charge in [-0.05, 0) is 29.3 Å². The molecule has 2 rings (SSSR count). The molecular weight excluding hydrogens is 208 g/mol. The molecule has 0 atom stereocenters. The van der Waals surface area contributed by atoms with Crippen molar-refractivity contribution in [2.45, 2.75) is 9.79 Å². The van der Waals surface area contributed by atoms with Gasteiger partial charge >= 0.3 is 0 Å². The summed E-state index contributed by atoms with van der Waals surface area (Å²) in [6, 6.07) is 16.1. The van der Waals surface area contributed by atoms with E-state index in [4.69, 9.17) is 0 Å². The van der Waals surface area contributed by atoms with Gasteiger partial charge in [-0.2, -0.15) is 0 Å². The van der Waals surface area contributed by atoms with Crippen molar-refractivity contribution in [2.75, 3.05) is 0 Å². The molecular formula is C12H10S2. The van der Waals surface area contributed by atoms with Crippen LogP contribution in [0, 0.1) is 0 Å². The van der Waals surface area contributed by atoms with Gasteiger partial charge in [-0.1, -0.05) is 30.3 Å². The van der Waals surface area contributed by atoms with Crippen LogP contribution in [0.5, 0.6) is 0 Å². The average Bonchev–Trinajstić information content (AvgIpc) is 2.20. The molecule has 2 aromatic rings. The summed E-state index contributed by atoms with van der Waals surface area (Å²) in [4.78, 5) is 1.98. The van der Waals surface area contributed by atoms with Crippen LogP contribution in [0.25, 0.3) is 11.1 Å². The summed E-state index contributed by atoms with van der Waals surface area (Å²) >= 11 is 8.67. The minimum atomic E-state index is 0.977. The van der Waals surface area contributed by atoms with Gasteiger partial charge in [0.1, 0.15) is 0 Å². The highest BCUT2D eigenvalue weighted by Crippen LogP contribution is 2.26. The fourth-order valence-corrected chi connectivity index (χ4v) is 1.80. The van der Waals surface area contributed by atoms with Gasteiger partial charge in [0.2, 0.25) is 0 Å². The SMILES string of the molecule is Sc1ccc(-c2ccccc2S)cc1. The summed E-state index contributed by atoms with van der Waals surface area (Å²) < 4.78 is 0. The van der Waals surface area contributed by atoms with Crippen LogP contribution in [0.15, 0.2) is 58.3 Å². The number of rotatable bonds is 1. The number of hydrogen-bond acceptors (Lipinski definition) is 2. The van der Waals surface area contributed by atoms with Crippen molar-refractivity contribution >= 4 is 25.3 Å². The highest BCUT2D eigenvalue weighted by atomic mass is 32.1. The molecule has 2 heteroatoms. The van der Waals surface area contributed by atoms with Crippen LogP contribution in [0.1, 0.15) is 0 Å². The van der Waals surface area contributed by atoms with E-state index in [0.29, 0.717) is 0 Å². The normalized spacial score (nSPS) is 10.1. The lowest BCUT2D eigenvalue weighted by Gasteiger charge is -2.04. The first-order valence-electron chi connectivity index (χ1n) is 4.35. The maximum Gasteiger partial charge on any atom is 0.0119 e. The standard InChI is InChI=1S/C12H10S2/c13-10-7-5-9(6-8-10)11-3-1-2-4-12(11)14/h1-8,13-14H. The van der Waals surface area contributed by atoms with Crippen LogP contribution < -0.4 is 0 Å². The maximum atomic E-state index is 4.42. The lowest BCUT2D eigenvalue weighted by atomic mass is 10.1. The third-order valence-electron chi connectivity index (χ3n) is 2.08. The molecule has 0 bridgehead atoms. The molecule has 0 aliphatic heterocycles. The molecule has 0 heterocycles.